The van der Waals surface area contributed by atoms with Gasteiger partial charge in [-0.2, -0.15) is 0 Å². The first-order chi connectivity index (χ1) is 11.6. The van der Waals surface area contributed by atoms with Crippen molar-refractivity contribution in [1.82, 2.24) is 0 Å². The number of aromatic hydroxyl groups is 1. The average Bonchev–Trinajstić information content (AvgIpc) is 2.54. The largest absolute Gasteiger partial charge is 0.507 e. The maximum absolute atomic E-state index is 10.8. The Morgan fingerprint density at radius 3 is 2.08 bits per heavy atom. The SMILES string of the molecule is Cc1ccccc1-c1c(O)cccc1C12CC3CC(CC(C3)C1)C2. The number of benzene rings is 2. The summed E-state index contributed by atoms with van der Waals surface area (Å²) < 4.78 is 0. The van der Waals surface area contributed by atoms with Crippen LogP contribution in [0.25, 0.3) is 11.1 Å². The van der Waals surface area contributed by atoms with E-state index in [0.29, 0.717) is 11.2 Å². The fraction of sp³-hybridized carbons (Fsp3) is 0.478. The maximum Gasteiger partial charge on any atom is 0.123 e. The maximum atomic E-state index is 10.8. The number of hydrogen-bond acceptors (Lipinski definition) is 1. The van der Waals surface area contributed by atoms with Crippen molar-refractivity contribution < 1.29 is 5.11 Å². The molecule has 4 saturated carbocycles. The summed E-state index contributed by atoms with van der Waals surface area (Å²) in [5.74, 6) is 3.22. The standard InChI is InChI=1S/C23H26O/c1-15-5-2-3-6-19(15)22-20(7-4-8-21(22)24)23-12-16-9-17(13-23)11-18(10-16)14-23/h2-8,16-18,24H,9-14H2,1H3. The molecule has 0 atom stereocenters. The lowest BCUT2D eigenvalue weighted by Crippen LogP contribution is -2.48. The summed E-state index contributed by atoms with van der Waals surface area (Å²) in [6, 6.07) is 14.8. The van der Waals surface area contributed by atoms with Gasteiger partial charge >= 0.3 is 0 Å². The van der Waals surface area contributed by atoms with Crippen LogP contribution in [0.15, 0.2) is 42.5 Å². The second-order valence-corrected chi connectivity index (χ2v) is 8.71. The molecule has 0 unspecified atom stereocenters. The van der Waals surface area contributed by atoms with Crippen LogP contribution in [-0.2, 0) is 5.41 Å². The molecule has 0 amide bonds. The highest BCUT2D eigenvalue weighted by Crippen LogP contribution is 2.62. The van der Waals surface area contributed by atoms with Crippen LogP contribution in [-0.4, -0.2) is 5.11 Å². The van der Waals surface area contributed by atoms with Crippen LogP contribution in [0.2, 0.25) is 0 Å². The van der Waals surface area contributed by atoms with Gasteiger partial charge in [0, 0.05) is 5.56 Å². The Kier molecular flexibility index (Phi) is 3.11. The number of phenols is 1. The highest BCUT2D eigenvalue weighted by atomic mass is 16.3. The van der Waals surface area contributed by atoms with Gasteiger partial charge in [-0.15, -0.1) is 0 Å². The molecule has 0 aromatic heterocycles. The molecule has 1 N–H and O–H groups in total. The zero-order valence-corrected chi connectivity index (χ0v) is 14.5. The number of hydrogen-bond donors (Lipinski definition) is 1. The molecule has 1 heteroatoms. The van der Waals surface area contributed by atoms with E-state index in [0.717, 1.165) is 23.3 Å². The fourth-order valence-electron chi connectivity index (χ4n) is 6.56. The van der Waals surface area contributed by atoms with E-state index in [1.165, 1.54) is 55.2 Å². The second kappa shape index (κ2) is 5.12. The van der Waals surface area contributed by atoms with Gasteiger partial charge in [-0.3, -0.25) is 0 Å². The summed E-state index contributed by atoms with van der Waals surface area (Å²) in [6.45, 7) is 2.16. The number of phenolic OH excluding ortho intramolecular Hbond substituents is 1. The van der Waals surface area contributed by atoms with Crippen molar-refractivity contribution in [3.8, 4) is 16.9 Å². The van der Waals surface area contributed by atoms with Crippen molar-refractivity contribution in [3.63, 3.8) is 0 Å². The first-order valence-electron chi connectivity index (χ1n) is 9.53. The highest BCUT2D eigenvalue weighted by Gasteiger charge is 2.52. The molecule has 0 heterocycles. The molecular weight excluding hydrogens is 292 g/mol. The summed E-state index contributed by atoms with van der Waals surface area (Å²) in [5.41, 5.74) is 5.31. The van der Waals surface area contributed by atoms with E-state index < -0.39 is 0 Å². The van der Waals surface area contributed by atoms with Crippen LogP contribution >= 0.6 is 0 Å². The topological polar surface area (TPSA) is 20.2 Å². The molecule has 0 saturated heterocycles. The van der Waals surface area contributed by atoms with Gasteiger partial charge in [0.2, 0.25) is 0 Å². The van der Waals surface area contributed by atoms with Gasteiger partial charge in [0.05, 0.1) is 0 Å². The van der Waals surface area contributed by atoms with E-state index in [1.807, 2.05) is 6.07 Å². The van der Waals surface area contributed by atoms with Gasteiger partial charge in [0.25, 0.3) is 0 Å². The smallest absolute Gasteiger partial charge is 0.123 e. The van der Waals surface area contributed by atoms with Crippen LogP contribution in [0.3, 0.4) is 0 Å². The molecule has 4 fully saturated rings. The predicted molar refractivity (Wildman–Crippen MR) is 98.1 cm³/mol. The van der Waals surface area contributed by atoms with Crippen molar-refractivity contribution >= 4 is 0 Å². The van der Waals surface area contributed by atoms with E-state index in [9.17, 15) is 5.11 Å². The molecule has 4 aliphatic carbocycles. The number of aryl methyl sites for hydroxylation is 1. The Bertz CT molecular complexity index is 753. The summed E-state index contributed by atoms with van der Waals surface area (Å²) in [6.07, 6.45) is 8.37. The van der Waals surface area contributed by atoms with Gasteiger partial charge in [0.15, 0.2) is 0 Å². The van der Waals surface area contributed by atoms with Crippen LogP contribution < -0.4 is 0 Å². The minimum atomic E-state index is 0.311. The lowest BCUT2D eigenvalue weighted by atomic mass is 9.47. The van der Waals surface area contributed by atoms with E-state index in [-0.39, 0.29) is 0 Å². The summed E-state index contributed by atoms with van der Waals surface area (Å²) >= 11 is 0. The molecule has 0 aliphatic heterocycles. The minimum Gasteiger partial charge on any atom is -0.507 e. The van der Waals surface area contributed by atoms with Crippen molar-refractivity contribution in [2.75, 3.05) is 0 Å². The first-order valence-corrected chi connectivity index (χ1v) is 9.53. The molecule has 1 nitrogen and oxygen atoms in total. The van der Waals surface area contributed by atoms with Crippen LogP contribution in [0, 0.1) is 24.7 Å². The third kappa shape index (κ3) is 2.06. The zero-order valence-electron chi connectivity index (χ0n) is 14.5. The summed E-state index contributed by atoms with van der Waals surface area (Å²) in [4.78, 5) is 0. The van der Waals surface area contributed by atoms with Crippen molar-refractivity contribution in [3.05, 3.63) is 53.6 Å². The van der Waals surface area contributed by atoms with Gasteiger partial charge < -0.3 is 5.11 Å². The van der Waals surface area contributed by atoms with E-state index >= 15 is 0 Å². The van der Waals surface area contributed by atoms with Gasteiger partial charge in [-0.1, -0.05) is 36.4 Å². The van der Waals surface area contributed by atoms with Gasteiger partial charge in [-0.05, 0) is 91.4 Å². The minimum absolute atomic E-state index is 0.311. The zero-order chi connectivity index (χ0) is 16.3. The van der Waals surface area contributed by atoms with Crippen molar-refractivity contribution in [2.24, 2.45) is 17.8 Å². The van der Waals surface area contributed by atoms with E-state index in [4.69, 9.17) is 0 Å². The first kappa shape index (κ1) is 14.6. The molecule has 6 rings (SSSR count). The Morgan fingerprint density at radius 2 is 1.46 bits per heavy atom. The summed E-state index contributed by atoms with van der Waals surface area (Å²) in [7, 11) is 0. The quantitative estimate of drug-likeness (QED) is 0.738. The highest BCUT2D eigenvalue weighted by molar-refractivity contribution is 5.77. The van der Waals surface area contributed by atoms with E-state index in [2.05, 4.69) is 43.3 Å². The Hall–Kier alpha value is -1.76. The molecule has 0 spiro atoms. The molecule has 4 bridgehead atoms. The predicted octanol–water partition coefficient (Wildman–Crippen LogP) is 5.84. The monoisotopic (exact) mass is 318 g/mol. The molecule has 2 aromatic rings. The third-order valence-electron chi connectivity index (χ3n) is 7.07. The number of rotatable bonds is 2. The summed E-state index contributed by atoms with van der Waals surface area (Å²) in [5, 5.41) is 10.8. The van der Waals surface area contributed by atoms with Gasteiger partial charge in [-0.25, -0.2) is 0 Å². The third-order valence-corrected chi connectivity index (χ3v) is 7.07. The van der Waals surface area contributed by atoms with Crippen LogP contribution in [0.4, 0.5) is 0 Å². The molecular formula is C23H26O. The normalized spacial score (nSPS) is 33.8. The Labute approximate surface area is 144 Å². The van der Waals surface area contributed by atoms with E-state index in [1.54, 1.807) is 0 Å². The molecule has 24 heavy (non-hydrogen) atoms. The lowest BCUT2D eigenvalue weighted by molar-refractivity contribution is -0.00499. The molecule has 4 aliphatic rings. The fourth-order valence-corrected chi connectivity index (χ4v) is 6.56. The molecule has 2 aromatic carbocycles. The van der Waals surface area contributed by atoms with Crippen molar-refractivity contribution in [2.45, 2.75) is 50.9 Å². The average molecular weight is 318 g/mol. The van der Waals surface area contributed by atoms with Crippen LogP contribution in [0.5, 0.6) is 5.75 Å². The van der Waals surface area contributed by atoms with Gasteiger partial charge in [0.1, 0.15) is 5.75 Å². The Balaban J connectivity index is 1.70. The second-order valence-electron chi connectivity index (χ2n) is 8.71. The molecule has 124 valence electrons. The Morgan fingerprint density at radius 1 is 0.833 bits per heavy atom. The van der Waals surface area contributed by atoms with Crippen molar-refractivity contribution in [1.29, 1.82) is 0 Å². The molecule has 0 radical (unpaired) electrons. The van der Waals surface area contributed by atoms with Crippen LogP contribution in [0.1, 0.15) is 49.7 Å². The lowest BCUT2D eigenvalue weighted by Gasteiger charge is -2.57.